The molecule has 152 valence electrons. The quantitative estimate of drug-likeness (QED) is 0.641. The van der Waals surface area contributed by atoms with Crippen molar-refractivity contribution in [3.05, 3.63) is 90.0 Å². The molecular weight excluding hydrogens is 383 g/mol. The maximum Gasteiger partial charge on any atom is 0.313 e. The van der Waals surface area contributed by atoms with Crippen LogP contribution in [0.1, 0.15) is 17.2 Å². The number of anilines is 2. The standard InChI is InChI=1S/C23H21FN4O2/c24-18-8-2-3-9-19(18)27-23(30)22(29)26-15-21(17-7-5-12-25-14-17)28-13-11-16-6-1-4-10-20(16)28/h1-10,12,14,21H,11,13,15H2,(H,26,29)(H,27,30)/t21-/m1/s1. The van der Waals surface area contributed by atoms with Gasteiger partial charge >= 0.3 is 11.8 Å². The Hall–Kier alpha value is -3.74. The summed E-state index contributed by atoms with van der Waals surface area (Å²) in [4.78, 5) is 31.0. The lowest BCUT2D eigenvalue weighted by molar-refractivity contribution is -0.136. The minimum Gasteiger partial charge on any atom is -0.362 e. The molecule has 2 amide bonds. The van der Waals surface area contributed by atoms with E-state index in [2.05, 4.69) is 32.7 Å². The third-order valence-electron chi connectivity index (χ3n) is 5.15. The number of fused-ring (bicyclic) bond motifs is 1. The van der Waals surface area contributed by atoms with Crippen molar-refractivity contribution in [3.63, 3.8) is 0 Å². The predicted octanol–water partition coefficient (Wildman–Crippen LogP) is 3.08. The maximum absolute atomic E-state index is 13.7. The number of nitrogens with one attached hydrogen (secondary N) is 2. The van der Waals surface area contributed by atoms with Gasteiger partial charge in [-0.25, -0.2) is 4.39 Å². The first-order chi connectivity index (χ1) is 14.6. The summed E-state index contributed by atoms with van der Waals surface area (Å²) in [7, 11) is 0. The molecule has 1 aromatic heterocycles. The molecule has 0 fully saturated rings. The highest BCUT2D eigenvalue weighted by atomic mass is 19.1. The SMILES string of the molecule is O=C(NC[C@H](c1cccnc1)N1CCc2ccccc21)C(=O)Nc1ccccc1F. The summed E-state index contributed by atoms with van der Waals surface area (Å²) in [5.41, 5.74) is 3.25. The molecule has 0 spiro atoms. The first-order valence-electron chi connectivity index (χ1n) is 9.71. The molecule has 1 aliphatic rings. The van der Waals surface area contributed by atoms with Crippen LogP contribution < -0.4 is 15.5 Å². The van der Waals surface area contributed by atoms with Gasteiger partial charge in [0.15, 0.2) is 0 Å². The second-order valence-electron chi connectivity index (χ2n) is 7.02. The average Bonchev–Trinajstić information content (AvgIpc) is 3.20. The van der Waals surface area contributed by atoms with Gasteiger partial charge < -0.3 is 15.5 Å². The third kappa shape index (κ3) is 4.15. The lowest BCUT2D eigenvalue weighted by Crippen LogP contribution is -2.42. The monoisotopic (exact) mass is 404 g/mol. The van der Waals surface area contributed by atoms with E-state index in [0.29, 0.717) is 0 Å². The zero-order valence-corrected chi connectivity index (χ0v) is 16.2. The van der Waals surface area contributed by atoms with E-state index in [1.54, 1.807) is 18.5 Å². The van der Waals surface area contributed by atoms with Crippen molar-refractivity contribution >= 4 is 23.2 Å². The fourth-order valence-corrected chi connectivity index (χ4v) is 3.68. The van der Waals surface area contributed by atoms with E-state index in [4.69, 9.17) is 0 Å². The van der Waals surface area contributed by atoms with Crippen LogP contribution in [-0.2, 0) is 16.0 Å². The highest BCUT2D eigenvalue weighted by Crippen LogP contribution is 2.34. The molecule has 0 saturated heterocycles. The lowest BCUT2D eigenvalue weighted by atomic mass is 10.1. The number of hydrogen-bond donors (Lipinski definition) is 2. The Morgan fingerprint density at radius 1 is 1.03 bits per heavy atom. The van der Waals surface area contributed by atoms with Gasteiger partial charge in [-0.1, -0.05) is 36.4 Å². The Morgan fingerprint density at radius 2 is 1.83 bits per heavy atom. The van der Waals surface area contributed by atoms with E-state index < -0.39 is 17.6 Å². The molecule has 0 radical (unpaired) electrons. The average molecular weight is 404 g/mol. The van der Waals surface area contributed by atoms with E-state index in [-0.39, 0.29) is 18.3 Å². The summed E-state index contributed by atoms with van der Waals surface area (Å²) in [5, 5.41) is 4.99. The summed E-state index contributed by atoms with van der Waals surface area (Å²) in [6.07, 6.45) is 4.37. The second-order valence-corrected chi connectivity index (χ2v) is 7.02. The number of pyridine rings is 1. The molecule has 4 rings (SSSR count). The molecule has 30 heavy (non-hydrogen) atoms. The number of rotatable bonds is 5. The first kappa shape index (κ1) is 19.6. The molecule has 0 bridgehead atoms. The molecule has 6 nitrogen and oxygen atoms in total. The number of amides is 2. The second kappa shape index (κ2) is 8.73. The molecule has 2 heterocycles. The van der Waals surface area contributed by atoms with Gasteiger partial charge in [0.2, 0.25) is 0 Å². The molecule has 1 atom stereocenters. The largest absolute Gasteiger partial charge is 0.362 e. The fraction of sp³-hybridized carbons (Fsp3) is 0.174. The highest BCUT2D eigenvalue weighted by molar-refractivity contribution is 6.39. The van der Waals surface area contributed by atoms with Crippen molar-refractivity contribution in [2.75, 3.05) is 23.3 Å². The number of aromatic nitrogens is 1. The van der Waals surface area contributed by atoms with Crippen LogP contribution in [0.25, 0.3) is 0 Å². The molecule has 1 aliphatic heterocycles. The highest BCUT2D eigenvalue weighted by Gasteiger charge is 2.28. The number of benzene rings is 2. The Balaban J connectivity index is 1.48. The molecule has 2 aromatic carbocycles. The Bertz CT molecular complexity index is 1060. The van der Waals surface area contributed by atoms with E-state index in [1.807, 2.05) is 24.3 Å². The molecule has 7 heteroatoms. The van der Waals surface area contributed by atoms with Gasteiger partial charge in [-0.2, -0.15) is 0 Å². The van der Waals surface area contributed by atoms with Gasteiger partial charge in [0, 0.05) is 31.2 Å². The fourth-order valence-electron chi connectivity index (χ4n) is 3.68. The van der Waals surface area contributed by atoms with Crippen LogP contribution in [0.15, 0.2) is 73.1 Å². The number of hydrogen-bond acceptors (Lipinski definition) is 4. The van der Waals surface area contributed by atoms with Crippen LogP contribution in [0.5, 0.6) is 0 Å². The summed E-state index contributed by atoms with van der Waals surface area (Å²) in [6, 6.07) is 17.5. The van der Waals surface area contributed by atoms with Crippen LogP contribution in [0, 0.1) is 5.82 Å². The zero-order valence-electron chi connectivity index (χ0n) is 16.2. The number of nitrogens with zero attached hydrogens (tertiary/aromatic N) is 2. The minimum atomic E-state index is -0.910. The maximum atomic E-state index is 13.7. The molecule has 2 N–H and O–H groups in total. The number of para-hydroxylation sites is 2. The van der Waals surface area contributed by atoms with Crippen LogP contribution in [0.3, 0.4) is 0 Å². The number of halogens is 1. The normalized spacial score (nSPS) is 13.4. The molecule has 0 unspecified atom stereocenters. The van der Waals surface area contributed by atoms with E-state index in [0.717, 1.165) is 24.2 Å². The molecule has 3 aromatic rings. The van der Waals surface area contributed by atoms with Crippen LogP contribution >= 0.6 is 0 Å². The van der Waals surface area contributed by atoms with E-state index in [1.165, 1.54) is 23.8 Å². The van der Waals surface area contributed by atoms with E-state index >= 15 is 0 Å². The van der Waals surface area contributed by atoms with Gasteiger partial charge in [0.25, 0.3) is 0 Å². The zero-order chi connectivity index (χ0) is 20.9. The number of carbonyl (C=O) groups excluding carboxylic acids is 2. The summed E-state index contributed by atoms with van der Waals surface area (Å²) in [5.74, 6) is -2.33. The summed E-state index contributed by atoms with van der Waals surface area (Å²) in [6.45, 7) is 1.01. The molecular formula is C23H21FN4O2. The van der Waals surface area contributed by atoms with Crippen molar-refractivity contribution in [3.8, 4) is 0 Å². The van der Waals surface area contributed by atoms with Crippen molar-refractivity contribution in [2.45, 2.75) is 12.5 Å². The Kier molecular flexibility index (Phi) is 5.70. The van der Waals surface area contributed by atoms with Crippen molar-refractivity contribution in [1.29, 1.82) is 0 Å². The molecule has 0 aliphatic carbocycles. The van der Waals surface area contributed by atoms with Crippen LogP contribution in [-0.4, -0.2) is 29.9 Å². The van der Waals surface area contributed by atoms with Gasteiger partial charge in [0.05, 0.1) is 11.7 Å². The number of carbonyl (C=O) groups is 2. The van der Waals surface area contributed by atoms with E-state index in [9.17, 15) is 14.0 Å². The lowest BCUT2D eigenvalue weighted by Gasteiger charge is -2.30. The van der Waals surface area contributed by atoms with Crippen molar-refractivity contribution in [2.24, 2.45) is 0 Å². The van der Waals surface area contributed by atoms with Crippen molar-refractivity contribution in [1.82, 2.24) is 10.3 Å². The van der Waals surface area contributed by atoms with Gasteiger partial charge in [-0.05, 0) is 41.8 Å². The van der Waals surface area contributed by atoms with Gasteiger partial charge in [-0.15, -0.1) is 0 Å². The topological polar surface area (TPSA) is 74.3 Å². The smallest absolute Gasteiger partial charge is 0.313 e. The van der Waals surface area contributed by atoms with Crippen LogP contribution in [0.2, 0.25) is 0 Å². The Labute approximate surface area is 173 Å². The minimum absolute atomic E-state index is 0.0325. The summed E-state index contributed by atoms with van der Waals surface area (Å²) >= 11 is 0. The molecule has 0 saturated carbocycles. The van der Waals surface area contributed by atoms with Gasteiger partial charge in [-0.3, -0.25) is 14.6 Å². The summed E-state index contributed by atoms with van der Waals surface area (Å²) < 4.78 is 13.7. The van der Waals surface area contributed by atoms with Gasteiger partial charge in [0.1, 0.15) is 5.82 Å². The Morgan fingerprint density at radius 3 is 2.63 bits per heavy atom. The predicted molar refractivity (Wildman–Crippen MR) is 113 cm³/mol. The first-order valence-corrected chi connectivity index (χ1v) is 9.71. The third-order valence-corrected chi connectivity index (χ3v) is 5.15. The van der Waals surface area contributed by atoms with Crippen LogP contribution in [0.4, 0.5) is 15.8 Å². The van der Waals surface area contributed by atoms with Crippen molar-refractivity contribution < 1.29 is 14.0 Å².